The Morgan fingerprint density at radius 2 is 0.892 bits per heavy atom. The Labute approximate surface area is 540 Å². The Morgan fingerprint density at radius 1 is 0.452 bits per heavy atom. The van der Waals surface area contributed by atoms with E-state index in [0.29, 0.717) is 50.6 Å². The van der Waals surface area contributed by atoms with Crippen LogP contribution in [0.25, 0.3) is 21.8 Å². The molecule has 0 unspecified atom stereocenters. The molecule has 17 heteroatoms. The van der Waals surface area contributed by atoms with E-state index >= 15 is 0 Å². The van der Waals surface area contributed by atoms with Crippen LogP contribution in [-0.2, 0) is 72.7 Å². The van der Waals surface area contributed by atoms with Gasteiger partial charge in [0.1, 0.15) is 67.6 Å². The minimum absolute atomic E-state index is 0.0596. The zero-order valence-corrected chi connectivity index (χ0v) is 51.9. The number of nitrogens with zero attached hydrogens (tertiary/aromatic N) is 2. The largest absolute Gasteiger partial charge is 0.478 e. The van der Waals surface area contributed by atoms with Crippen LogP contribution in [0.5, 0.6) is 0 Å². The van der Waals surface area contributed by atoms with E-state index in [4.69, 9.17) is 38.3 Å². The number of ether oxygens (including phenoxy) is 7. The average Bonchev–Trinajstić information content (AvgIpc) is 1.66. The molecule has 10 aromatic rings. The topological polar surface area (TPSA) is 230 Å². The summed E-state index contributed by atoms with van der Waals surface area (Å²) in [7, 11) is 0. The Bertz CT molecular complexity index is 4010. The van der Waals surface area contributed by atoms with E-state index in [-0.39, 0.29) is 25.4 Å². The number of hydrogen-bond donors (Lipinski definition) is 6. The average molecular weight is 1260 g/mol. The molecule has 17 nitrogen and oxygen atoms in total. The summed E-state index contributed by atoms with van der Waals surface area (Å²) in [5, 5.41) is 60.9. The number of para-hydroxylation sites is 2. The number of aliphatic hydroxyl groups excluding tert-OH is 5. The minimum atomic E-state index is -1.46. The van der Waals surface area contributed by atoms with Crippen molar-refractivity contribution in [3.8, 4) is 0 Å². The molecule has 2 aliphatic rings. The van der Waals surface area contributed by atoms with E-state index in [1.807, 2.05) is 133 Å². The van der Waals surface area contributed by atoms with Gasteiger partial charge in [-0.15, -0.1) is 0 Å². The molecule has 2 fully saturated rings. The Hall–Kier alpha value is -8.66. The first kappa shape index (κ1) is 65.8. The maximum Gasteiger partial charge on any atom is 0.338 e. The van der Waals surface area contributed by atoms with Crippen LogP contribution in [0.15, 0.2) is 219 Å². The molecule has 0 aliphatic carbocycles. The first-order valence-electron chi connectivity index (χ1n) is 31.3. The van der Waals surface area contributed by atoms with E-state index < -0.39 is 79.6 Å². The summed E-state index contributed by atoms with van der Waals surface area (Å²) in [6.45, 7) is 6.00. The summed E-state index contributed by atoms with van der Waals surface area (Å²) in [6, 6.07) is 66.7. The molecule has 482 valence electrons. The summed E-state index contributed by atoms with van der Waals surface area (Å²) in [5.74, 6) is -1.46. The van der Waals surface area contributed by atoms with Gasteiger partial charge in [-0.05, 0) is 82.6 Å². The molecular weight excluding hydrogens is 1180 g/mol. The number of carboxylic acids is 1. The molecule has 0 spiro atoms. The molecule has 6 N–H and O–H groups in total. The molecule has 93 heavy (non-hydrogen) atoms. The summed E-state index contributed by atoms with van der Waals surface area (Å²) in [5.41, 5.74) is 12.4. The molecule has 12 rings (SSSR count). The molecule has 0 amide bonds. The summed E-state index contributed by atoms with van der Waals surface area (Å²) < 4.78 is 49.8. The van der Waals surface area contributed by atoms with Gasteiger partial charge in [0.15, 0.2) is 0 Å². The third-order valence-corrected chi connectivity index (χ3v) is 17.1. The lowest BCUT2D eigenvalue weighted by Crippen LogP contribution is -2.58. The first-order valence-corrected chi connectivity index (χ1v) is 31.3. The van der Waals surface area contributed by atoms with Gasteiger partial charge in [-0.25, -0.2) is 9.59 Å². The van der Waals surface area contributed by atoms with Gasteiger partial charge in [0.05, 0.1) is 68.4 Å². The van der Waals surface area contributed by atoms with Crippen LogP contribution in [0, 0.1) is 13.8 Å². The van der Waals surface area contributed by atoms with Gasteiger partial charge in [0.2, 0.25) is 0 Å². The van der Waals surface area contributed by atoms with E-state index in [2.05, 4.69) is 84.4 Å². The summed E-state index contributed by atoms with van der Waals surface area (Å²) in [4.78, 5) is 23.6. The smallest absolute Gasteiger partial charge is 0.338 e. The maximum atomic E-state index is 12.0. The number of aromatic nitrogens is 2. The van der Waals surface area contributed by atoms with Crippen LogP contribution < -0.4 is 0 Å². The third-order valence-electron chi connectivity index (χ3n) is 17.1. The molecule has 0 saturated carbocycles. The Balaban J connectivity index is 0.000000220. The molecule has 2 aromatic heterocycles. The Morgan fingerprint density at radius 3 is 1.37 bits per heavy atom. The van der Waals surface area contributed by atoms with Gasteiger partial charge in [-0.3, -0.25) is 0 Å². The van der Waals surface area contributed by atoms with E-state index in [1.165, 1.54) is 0 Å². The fourth-order valence-corrected chi connectivity index (χ4v) is 12.4. The lowest BCUT2D eigenvalue weighted by Gasteiger charge is -2.46. The SMILES string of the molecule is Cc1cccc2c([C@@H]3O[C@H](CO)[C@@H](O)[C@H](O)[C@H]3O)cn(Cc3ccc(C(=O)OCCO)cc3)c12.Cc1cccc2c([C@@H]3O[C@H](COCc4ccccc4)[C@@H](OCc4ccccc4)[C@H](OCc4ccccc4)[C@H]3OCc3ccccc3)cn(Cc3ccc(C(=O)O)cc3)c12. The number of esters is 1. The van der Waals surface area contributed by atoms with Gasteiger partial charge in [0, 0.05) is 47.4 Å². The van der Waals surface area contributed by atoms with E-state index in [9.17, 15) is 35.1 Å². The highest BCUT2D eigenvalue weighted by Crippen LogP contribution is 2.43. The van der Waals surface area contributed by atoms with Crippen LogP contribution in [0.4, 0.5) is 0 Å². The number of benzene rings is 8. The lowest BCUT2D eigenvalue weighted by atomic mass is 9.90. The van der Waals surface area contributed by atoms with Crippen molar-refractivity contribution in [1.82, 2.24) is 9.13 Å². The second kappa shape index (κ2) is 31.3. The quantitative estimate of drug-likeness (QED) is 0.0309. The zero-order valence-electron chi connectivity index (χ0n) is 51.9. The number of carboxylic acid groups (broad SMARTS) is 1. The van der Waals surface area contributed by atoms with Crippen LogP contribution in [0.2, 0.25) is 0 Å². The third kappa shape index (κ3) is 15.9. The van der Waals surface area contributed by atoms with E-state index in [0.717, 1.165) is 71.9 Å². The number of fused-ring (bicyclic) bond motifs is 2. The predicted molar refractivity (Wildman–Crippen MR) is 350 cm³/mol. The van der Waals surface area contributed by atoms with Gasteiger partial charge in [-0.1, -0.05) is 182 Å². The highest BCUT2D eigenvalue weighted by atomic mass is 16.6. The molecular formula is C76H78N2O15. The molecule has 4 heterocycles. The van der Waals surface area contributed by atoms with Crippen LogP contribution in [0.3, 0.4) is 0 Å². The van der Waals surface area contributed by atoms with Gasteiger partial charge in [0.25, 0.3) is 0 Å². The number of aromatic carboxylic acids is 1. The molecule has 10 atom stereocenters. The van der Waals surface area contributed by atoms with Crippen molar-refractivity contribution in [3.05, 3.63) is 285 Å². The molecule has 0 bridgehead atoms. The summed E-state index contributed by atoms with van der Waals surface area (Å²) in [6.07, 6.45) is -5.03. The lowest BCUT2D eigenvalue weighted by molar-refractivity contribution is -0.274. The van der Waals surface area contributed by atoms with E-state index in [1.54, 1.807) is 24.3 Å². The second-order valence-corrected chi connectivity index (χ2v) is 23.6. The van der Waals surface area contributed by atoms with Crippen molar-refractivity contribution in [2.45, 2.75) is 114 Å². The fourth-order valence-electron chi connectivity index (χ4n) is 12.4. The highest BCUT2D eigenvalue weighted by molar-refractivity contribution is 5.90. The van der Waals surface area contributed by atoms with Gasteiger partial charge in [-0.2, -0.15) is 0 Å². The number of rotatable bonds is 24. The minimum Gasteiger partial charge on any atom is -0.478 e. The van der Waals surface area contributed by atoms with Crippen molar-refractivity contribution in [3.63, 3.8) is 0 Å². The zero-order chi connectivity index (χ0) is 64.8. The number of aliphatic hydroxyl groups is 5. The second-order valence-electron chi connectivity index (χ2n) is 23.6. The van der Waals surface area contributed by atoms with Crippen molar-refractivity contribution in [2.24, 2.45) is 0 Å². The number of carbonyl (C=O) groups excluding carboxylic acids is 1. The molecule has 8 aromatic carbocycles. The van der Waals surface area contributed by atoms with Crippen LogP contribution >= 0.6 is 0 Å². The molecule has 0 radical (unpaired) electrons. The predicted octanol–water partition coefficient (Wildman–Crippen LogP) is 10.8. The van der Waals surface area contributed by atoms with Gasteiger partial charge >= 0.3 is 11.9 Å². The van der Waals surface area contributed by atoms with Crippen LogP contribution in [0.1, 0.15) is 88.6 Å². The monoisotopic (exact) mass is 1260 g/mol. The number of hydrogen-bond acceptors (Lipinski definition) is 14. The fraction of sp³-hybridized carbons (Fsp3) is 0.289. The van der Waals surface area contributed by atoms with Gasteiger partial charge < -0.3 is 72.9 Å². The maximum absolute atomic E-state index is 12.0. The first-order chi connectivity index (χ1) is 45.3. The number of aryl methyl sites for hydroxylation is 2. The van der Waals surface area contributed by atoms with Crippen molar-refractivity contribution >= 4 is 33.7 Å². The van der Waals surface area contributed by atoms with Crippen molar-refractivity contribution in [2.75, 3.05) is 26.4 Å². The Kier molecular flexibility index (Phi) is 22.2. The van der Waals surface area contributed by atoms with Crippen molar-refractivity contribution < 1.29 is 73.4 Å². The van der Waals surface area contributed by atoms with Crippen molar-refractivity contribution in [1.29, 1.82) is 0 Å². The van der Waals surface area contributed by atoms with Crippen LogP contribution in [-0.4, -0.2) is 127 Å². The summed E-state index contributed by atoms with van der Waals surface area (Å²) >= 11 is 0. The standard InChI is InChI=1S/C51H49NO7.C25H29NO8/c1-36-15-14-24-43-44(30-52(46(36)43)29-37-25-27-42(28-26-37)51(53)54)47-49(57-33-40-20-10-4-11-21-40)50(58-34-41-22-12-5-13-23-41)48(56-32-39-18-8-3-9-19-39)45(59-47)35-55-31-38-16-6-2-7-17-38;1-14-3-2-4-17-18(24-23(31)22(30)21(29)19(13-28)34-24)12-26(20(14)17)11-15-5-7-16(8-6-15)25(32)33-10-9-27/h2-28,30,45,47-50H,29,31-35H2,1H3,(H,53,54);2-8,12,19,21-24,27-31H,9-11,13H2,1H3/t45-,47+,48-,49+,50+;19-,21-,22+,23-,24+/m11/s1. The molecule has 2 aliphatic heterocycles. The number of carbonyl (C=O) groups is 2. The normalized spacial score (nSPS) is 21.3. The molecule has 2 saturated heterocycles. The highest BCUT2D eigenvalue weighted by Gasteiger charge is 2.50.